The zero-order valence-corrected chi connectivity index (χ0v) is 10.3. The van der Waals surface area contributed by atoms with Crippen LogP contribution in [-0.2, 0) is 13.6 Å². The second-order valence-corrected chi connectivity index (χ2v) is 4.37. The van der Waals surface area contributed by atoms with Gasteiger partial charge in [-0.2, -0.15) is 5.10 Å². The van der Waals surface area contributed by atoms with Gasteiger partial charge in [0.25, 0.3) is 0 Å². The van der Waals surface area contributed by atoms with E-state index in [1.165, 1.54) is 0 Å². The fourth-order valence-corrected chi connectivity index (χ4v) is 2.17. The lowest BCUT2D eigenvalue weighted by atomic mass is 10.2. The Bertz CT molecular complexity index is 757. The Morgan fingerprint density at radius 1 is 1.42 bits per heavy atom. The van der Waals surface area contributed by atoms with Gasteiger partial charge in [0, 0.05) is 18.8 Å². The van der Waals surface area contributed by atoms with Gasteiger partial charge in [0.1, 0.15) is 0 Å². The van der Waals surface area contributed by atoms with E-state index in [2.05, 4.69) is 10.1 Å². The summed E-state index contributed by atoms with van der Waals surface area (Å²) in [5, 5.41) is 13.3. The lowest BCUT2D eigenvalue weighted by Gasteiger charge is -2.04. The van der Waals surface area contributed by atoms with E-state index in [0.29, 0.717) is 17.6 Å². The second-order valence-electron chi connectivity index (χ2n) is 4.37. The maximum atomic E-state index is 11.3. The van der Waals surface area contributed by atoms with E-state index in [4.69, 9.17) is 0 Å². The molecule has 0 saturated heterocycles. The van der Waals surface area contributed by atoms with Gasteiger partial charge in [-0.3, -0.25) is 4.68 Å². The van der Waals surface area contributed by atoms with Crippen LogP contribution in [0.15, 0.2) is 36.9 Å². The standard InChI is InChI=1S/C13H12N4O2/c1-16-6-9(5-15-16)7-17-8-14-11-4-2-3-10(12(11)17)13(18)19/h2-6,8H,7H2,1H3,(H,18,19). The van der Waals surface area contributed by atoms with Crippen molar-refractivity contribution in [1.82, 2.24) is 19.3 Å². The van der Waals surface area contributed by atoms with Crippen molar-refractivity contribution in [2.45, 2.75) is 6.54 Å². The summed E-state index contributed by atoms with van der Waals surface area (Å²) in [4.78, 5) is 15.5. The monoisotopic (exact) mass is 256 g/mol. The highest BCUT2D eigenvalue weighted by atomic mass is 16.4. The van der Waals surface area contributed by atoms with Crippen LogP contribution >= 0.6 is 0 Å². The summed E-state index contributed by atoms with van der Waals surface area (Å²) in [6.07, 6.45) is 5.31. The maximum absolute atomic E-state index is 11.3. The average molecular weight is 256 g/mol. The van der Waals surface area contributed by atoms with Crippen molar-refractivity contribution < 1.29 is 9.90 Å². The van der Waals surface area contributed by atoms with Gasteiger partial charge in [0.2, 0.25) is 0 Å². The third kappa shape index (κ3) is 1.97. The third-order valence-electron chi connectivity index (χ3n) is 2.98. The topological polar surface area (TPSA) is 72.9 Å². The summed E-state index contributed by atoms with van der Waals surface area (Å²) in [5.41, 5.74) is 2.59. The summed E-state index contributed by atoms with van der Waals surface area (Å²) in [7, 11) is 1.85. The molecule has 0 amide bonds. The molecule has 3 rings (SSSR count). The summed E-state index contributed by atoms with van der Waals surface area (Å²) in [6, 6.07) is 5.10. The summed E-state index contributed by atoms with van der Waals surface area (Å²) >= 11 is 0. The molecule has 1 N–H and O–H groups in total. The molecule has 0 fully saturated rings. The van der Waals surface area contributed by atoms with Gasteiger partial charge >= 0.3 is 5.97 Å². The number of aromatic carboxylic acids is 1. The molecule has 0 spiro atoms. The van der Waals surface area contributed by atoms with Crippen molar-refractivity contribution in [3.8, 4) is 0 Å². The summed E-state index contributed by atoms with van der Waals surface area (Å²) in [6.45, 7) is 0.550. The number of aromatic nitrogens is 4. The minimum atomic E-state index is -0.946. The molecular formula is C13H12N4O2. The molecule has 2 aromatic heterocycles. The van der Waals surface area contributed by atoms with Crippen molar-refractivity contribution in [2.24, 2.45) is 7.05 Å². The molecule has 19 heavy (non-hydrogen) atoms. The lowest BCUT2D eigenvalue weighted by Crippen LogP contribution is -2.03. The number of fused-ring (bicyclic) bond motifs is 1. The van der Waals surface area contributed by atoms with Crippen LogP contribution in [0.25, 0.3) is 11.0 Å². The van der Waals surface area contributed by atoms with Gasteiger partial charge in [-0.1, -0.05) is 6.07 Å². The summed E-state index contributed by atoms with van der Waals surface area (Å²) < 4.78 is 3.54. The fourth-order valence-electron chi connectivity index (χ4n) is 2.17. The predicted octanol–water partition coefficient (Wildman–Crippen LogP) is 1.52. The highest BCUT2D eigenvalue weighted by molar-refractivity contribution is 6.01. The highest BCUT2D eigenvalue weighted by Crippen LogP contribution is 2.19. The van der Waals surface area contributed by atoms with Gasteiger partial charge < -0.3 is 9.67 Å². The van der Waals surface area contributed by atoms with Crippen molar-refractivity contribution in [3.63, 3.8) is 0 Å². The Morgan fingerprint density at radius 2 is 2.26 bits per heavy atom. The molecule has 0 saturated carbocycles. The second kappa shape index (κ2) is 4.24. The molecule has 0 aliphatic heterocycles. The first-order valence-electron chi connectivity index (χ1n) is 5.80. The number of rotatable bonds is 3. The van der Waals surface area contributed by atoms with Crippen LogP contribution in [0.2, 0.25) is 0 Å². The Balaban J connectivity index is 2.11. The summed E-state index contributed by atoms with van der Waals surface area (Å²) in [5.74, 6) is -0.946. The number of hydrogen-bond donors (Lipinski definition) is 1. The van der Waals surface area contributed by atoms with Crippen LogP contribution in [0.1, 0.15) is 15.9 Å². The molecule has 0 aliphatic carbocycles. The molecule has 0 bridgehead atoms. The number of nitrogens with zero attached hydrogens (tertiary/aromatic N) is 4. The van der Waals surface area contributed by atoms with E-state index in [-0.39, 0.29) is 5.56 Å². The minimum absolute atomic E-state index is 0.263. The number of hydrogen-bond acceptors (Lipinski definition) is 3. The van der Waals surface area contributed by atoms with Crippen LogP contribution < -0.4 is 0 Å². The number of imidazole rings is 1. The Morgan fingerprint density at radius 3 is 2.95 bits per heavy atom. The first-order chi connectivity index (χ1) is 9.15. The number of carboxylic acids is 1. The van der Waals surface area contributed by atoms with Gasteiger partial charge in [-0.15, -0.1) is 0 Å². The minimum Gasteiger partial charge on any atom is -0.478 e. The van der Waals surface area contributed by atoms with E-state index in [9.17, 15) is 9.90 Å². The van der Waals surface area contributed by atoms with Crippen molar-refractivity contribution >= 4 is 17.0 Å². The fraction of sp³-hybridized carbons (Fsp3) is 0.154. The molecule has 6 heteroatoms. The number of benzene rings is 1. The smallest absolute Gasteiger partial charge is 0.337 e. The predicted molar refractivity (Wildman–Crippen MR) is 69.0 cm³/mol. The third-order valence-corrected chi connectivity index (χ3v) is 2.98. The van der Waals surface area contributed by atoms with Crippen molar-refractivity contribution in [2.75, 3.05) is 0 Å². The first kappa shape index (κ1) is 11.5. The van der Waals surface area contributed by atoms with Crippen LogP contribution in [0.4, 0.5) is 0 Å². The Kier molecular flexibility index (Phi) is 2.56. The highest BCUT2D eigenvalue weighted by Gasteiger charge is 2.13. The van der Waals surface area contributed by atoms with Crippen molar-refractivity contribution in [1.29, 1.82) is 0 Å². The zero-order chi connectivity index (χ0) is 13.4. The number of para-hydroxylation sites is 1. The molecule has 0 atom stereocenters. The molecule has 0 unspecified atom stereocenters. The average Bonchev–Trinajstić information content (AvgIpc) is 2.97. The van der Waals surface area contributed by atoms with Gasteiger partial charge in [0.15, 0.2) is 0 Å². The van der Waals surface area contributed by atoms with Crippen LogP contribution in [-0.4, -0.2) is 30.4 Å². The number of carboxylic acid groups (broad SMARTS) is 1. The van der Waals surface area contributed by atoms with Crippen molar-refractivity contribution in [3.05, 3.63) is 48.0 Å². The number of carbonyl (C=O) groups is 1. The zero-order valence-electron chi connectivity index (χ0n) is 10.3. The normalized spacial score (nSPS) is 11.0. The maximum Gasteiger partial charge on any atom is 0.337 e. The van der Waals surface area contributed by atoms with Gasteiger partial charge in [-0.05, 0) is 12.1 Å². The molecular weight excluding hydrogens is 244 g/mol. The molecule has 1 aromatic carbocycles. The SMILES string of the molecule is Cn1cc(Cn2cnc3cccc(C(=O)O)c32)cn1. The Labute approximate surface area is 108 Å². The molecule has 3 aromatic rings. The van der Waals surface area contributed by atoms with Gasteiger partial charge in [-0.25, -0.2) is 9.78 Å². The molecule has 96 valence electrons. The molecule has 6 nitrogen and oxygen atoms in total. The van der Waals surface area contributed by atoms with E-state index in [1.807, 2.05) is 23.9 Å². The van der Waals surface area contributed by atoms with Crippen LogP contribution in [0.3, 0.4) is 0 Å². The van der Waals surface area contributed by atoms with E-state index in [1.54, 1.807) is 29.3 Å². The molecule has 2 heterocycles. The first-order valence-corrected chi connectivity index (χ1v) is 5.80. The van der Waals surface area contributed by atoms with Crippen LogP contribution in [0.5, 0.6) is 0 Å². The quantitative estimate of drug-likeness (QED) is 0.771. The van der Waals surface area contributed by atoms with E-state index in [0.717, 1.165) is 5.56 Å². The molecule has 0 aliphatic rings. The largest absolute Gasteiger partial charge is 0.478 e. The van der Waals surface area contributed by atoms with Crippen LogP contribution in [0, 0.1) is 0 Å². The molecule has 0 radical (unpaired) electrons. The Hall–Kier alpha value is -2.63. The lowest BCUT2D eigenvalue weighted by molar-refractivity contribution is 0.0698. The van der Waals surface area contributed by atoms with Gasteiger partial charge in [0.05, 0.1) is 35.7 Å². The number of aryl methyl sites for hydroxylation is 1. The van der Waals surface area contributed by atoms with E-state index >= 15 is 0 Å². The van der Waals surface area contributed by atoms with E-state index < -0.39 is 5.97 Å².